The molecule has 25 heavy (non-hydrogen) atoms. The summed E-state index contributed by atoms with van der Waals surface area (Å²) < 4.78 is 0.912. The molecule has 1 N–H and O–H groups in total. The molecule has 0 spiro atoms. The highest BCUT2D eigenvalue weighted by atomic mass is 32.1. The van der Waals surface area contributed by atoms with Gasteiger partial charge in [0.15, 0.2) is 0 Å². The Bertz CT molecular complexity index is 807. The first-order valence-electron chi connectivity index (χ1n) is 8.81. The lowest BCUT2D eigenvalue weighted by molar-refractivity contribution is -0.384. The van der Waals surface area contributed by atoms with E-state index in [1.807, 2.05) is 4.90 Å². The van der Waals surface area contributed by atoms with Crippen LogP contribution in [0.3, 0.4) is 0 Å². The van der Waals surface area contributed by atoms with E-state index in [9.17, 15) is 14.9 Å². The van der Waals surface area contributed by atoms with Crippen LogP contribution in [0.1, 0.15) is 35.4 Å². The summed E-state index contributed by atoms with van der Waals surface area (Å²) >= 11 is 1.41. The molecular weight excluding hydrogens is 338 g/mol. The van der Waals surface area contributed by atoms with Crippen molar-refractivity contribution in [2.24, 2.45) is 5.92 Å². The van der Waals surface area contributed by atoms with Crippen molar-refractivity contribution in [3.63, 3.8) is 0 Å². The number of non-ortho nitro benzene ring substituents is 1. The summed E-state index contributed by atoms with van der Waals surface area (Å²) in [6.07, 6.45) is 4.70. The van der Waals surface area contributed by atoms with E-state index in [0.29, 0.717) is 10.9 Å². The van der Waals surface area contributed by atoms with Gasteiger partial charge in [-0.05, 0) is 50.3 Å². The second-order valence-corrected chi connectivity index (χ2v) is 8.09. The summed E-state index contributed by atoms with van der Waals surface area (Å²) in [5, 5.41) is 15.3. The number of hydrogen-bond donors (Lipinski definition) is 1. The number of nitrogens with one attached hydrogen (secondary N) is 1. The Hall–Kier alpha value is -1.99. The standard InChI is InChI=1S/C18H21N3O3S/c22-18(20-7-5-14(6-8-20)19-11-12-1-2-12)17-10-13-9-15(21(23)24)3-4-16(13)25-17/h3-4,9-10,12,14,19H,1-2,5-8,11H2. The largest absolute Gasteiger partial charge is 0.338 e. The van der Waals surface area contributed by atoms with Crippen molar-refractivity contribution in [3.05, 3.63) is 39.3 Å². The average molecular weight is 359 g/mol. The van der Waals surface area contributed by atoms with Crippen molar-refractivity contribution in [2.75, 3.05) is 19.6 Å². The van der Waals surface area contributed by atoms with Crippen molar-refractivity contribution < 1.29 is 9.72 Å². The fraction of sp³-hybridized carbons (Fsp3) is 0.500. The van der Waals surface area contributed by atoms with Gasteiger partial charge in [-0.15, -0.1) is 11.3 Å². The zero-order chi connectivity index (χ0) is 17.4. The molecule has 7 heteroatoms. The Labute approximate surface area is 150 Å². The van der Waals surface area contributed by atoms with E-state index in [4.69, 9.17) is 0 Å². The molecule has 6 nitrogen and oxygen atoms in total. The molecule has 1 aromatic carbocycles. The molecule has 1 aliphatic carbocycles. The Morgan fingerprint density at radius 1 is 1.24 bits per heavy atom. The monoisotopic (exact) mass is 359 g/mol. The number of nitro benzene ring substituents is 1. The maximum atomic E-state index is 12.8. The number of carbonyl (C=O) groups excluding carboxylic acids is 1. The number of nitro groups is 1. The Kier molecular flexibility index (Phi) is 4.43. The van der Waals surface area contributed by atoms with Crippen LogP contribution in [0.4, 0.5) is 5.69 Å². The number of fused-ring (bicyclic) bond motifs is 1. The van der Waals surface area contributed by atoms with E-state index in [1.54, 1.807) is 12.1 Å². The summed E-state index contributed by atoms with van der Waals surface area (Å²) in [6.45, 7) is 2.67. The molecule has 2 heterocycles. The topological polar surface area (TPSA) is 75.5 Å². The normalized spacial score (nSPS) is 18.6. The van der Waals surface area contributed by atoms with Crippen LogP contribution in [0.2, 0.25) is 0 Å². The molecule has 0 radical (unpaired) electrons. The highest BCUT2D eigenvalue weighted by Crippen LogP contribution is 2.31. The lowest BCUT2D eigenvalue weighted by Crippen LogP contribution is -2.45. The Morgan fingerprint density at radius 3 is 2.68 bits per heavy atom. The minimum Gasteiger partial charge on any atom is -0.338 e. The fourth-order valence-electron chi connectivity index (χ4n) is 3.35. The minimum atomic E-state index is -0.405. The molecule has 1 aliphatic heterocycles. The number of rotatable bonds is 5. The van der Waals surface area contributed by atoms with Gasteiger partial charge >= 0.3 is 0 Å². The number of benzene rings is 1. The van der Waals surface area contributed by atoms with Crippen LogP contribution >= 0.6 is 11.3 Å². The van der Waals surface area contributed by atoms with Crippen LogP contribution in [0.25, 0.3) is 10.1 Å². The molecule has 0 unspecified atom stereocenters. The molecule has 2 aliphatic rings. The summed E-state index contributed by atoms with van der Waals surface area (Å²) in [7, 11) is 0. The number of nitrogens with zero attached hydrogens (tertiary/aromatic N) is 2. The molecule has 132 valence electrons. The third-order valence-electron chi connectivity index (χ3n) is 5.10. The van der Waals surface area contributed by atoms with Gasteiger partial charge in [-0.3, -0.25) is 14.9 Å². The van der Waals surface area contributed by atoms with E-state index in [1.165, 1.54) is 36.3 Å². The number of amides is 1. The maximum absolute atomic E-state index is 12.8. The van der Waals surface area contributed by atoms with Crippen molar-refractivity contribution in [2.45, 2.75) is 31.7 Å². The van der Waals surface area contributed by atoms with Crippen LogP contribution in [-0.2, 0) is 0 Å². The summed E-state index contributed by atoms with van der Waals surface area (Å²) in [5.74, 6) is 0.923. The lowest BCUT2D eigenvalue weighted by Gasteiger charge is -2.32. The first kappa shape index (κ1) is 16.5. The van der Waals surface area contributed by atoms with Gasteiger partial charge in [-0.25, -0.2) is 0 Å². The Balaban J connectivity index is 1.40. The van der Waals surface area contributed by atoms with E-state index < -0.39 is 4.92 Å². The van der Waals surface area contributed by atoms with Crippen LogP contribution in [0, 0.1) is 16.0 Å². The van der Waals surface area contributed by atoms with Gasteiger partial charge in [0.05, 0.1) is 9.80 Å². The number of piperidine rings is 1. The second-order valence-electron chi connectivity index (χ2n) is 7.01. The van der Waals surface area contributed by atoms with Gasteiger partial charge in [0.25, 0.3) is 11.6 Å². The SMILES string of the molecule is O=C(c1cc2cc([N+](=O)[O-])ccc2s1)N1CCC(NCC2CC2)CC1. The number of likely N-dealkylation sites (tertiary alicyclic amines) is 1. The molecule has 0 atom stereocenters. The zero-order valence-corrected chi connectivity index (χ0v) is 14.8. The summed E-state index contributed by atoms with van der Waals surface area (Å²) in [5.41, 5.74) is 0.0619. The number of thiophene rings is 1. The number of carbonyl (C=O) groups is 1. The van der Waals surface area contributed by atoms with E-state index >= 15 is 0 Å². The molecule has 1 saturated carbocycles. The zero-order valence-electron chi connectivity index (χ0n) is 13.9. The maximum Gasteiger partial charge on any atom is 0.270 e. The molecule has 1 amide bonds. The van der Waals surface area contributed by atoms with Gasteiger partial charge in [0, 0.05) is 41.4 Å². The van der Waals surface area contributed by atoms with Crippen LogP contribution in [-0.4, -0.2) is 41.4 Å². The molecular formula is C18H21N3O3S. The van der Waals surface area contributed by atoms with Crippen molar-refractivity contribution >= 4 is 33.0 Å². The molecule has 1 aromatic heterocycles. The predicted octanol–water partition coefficient (Wildman–Crippen LogP) is 3.41. The molecule has 4 rings (SSSR count). The summed E-state index contributed by atoms with van der Waals surface area (Å²) in [6, 6.07) is 7.06. The van der Waals surface area contributed by atoms with E-state index in [0.717, 1.165) is 48.5 Å². The molecule has 1 saturated heterocycles. The van der Waals surface area contributed by atoms with Crippen molar-refractivity contribution in [1.82, 2.24) is 10.2 Å². The number of hydrogen-bond acceptors (Lipinski definition) is 5. The van der Waals surface area contributed by atoms with Gasteiger partial charge in [-0.1, -0.05) is 0 Å². The van der Waals surface area contributed by atoms with E-state index in [-0.39, 0.29) is 11.6 Å². The molecule has 0 bridgehead atoms. The summed E-state index contributed by atoms with van der Waals surface area (Å²) in [4.78, 5) is 25.8. The van der Waals surface area contributed by atoms with Crippen molar-refractivity contribution in [1.29, 1.82) is 0 Å². The minimum absolute atomic E-state index is 0.0458. The van der Waals surface area contributed by atoms with Gasteiger partial charge in [0.2, 0.25) is 0 Å². The Morgan fingerprint density at radius 2 is 2.00 bits per heavy atom. The van der Waals surface area contributed by atoms with Crippen LogP contribution in [0.5, 0.6) is 0 Å². The lowest BCUT2D eigenvalue weighted by atomic mass is 10.0. The third kappa shape index (κ3) is 3.67. The van der Waals surface area contributed by atoms with Gasteiger partial charge in [-0.2, -0.15) is 0 Å². The first-order valence-corrected chi connectivity index (χ1v) is 9.62. The van der Waals surface area contributed by atoms with Gasteiger partial charge < -0.3 is 10.2 Å². The average Bonchev–Trinajstić information content (AvgIpc) is 3.35. The fourth-order valence-corrected chi connectivity index (χ4v) is 4.36. The quantitative estimate of drug-likeness (QED) is 0.656. The second kappa shape index (κ2) is 6.72. The van der Waals surface area contributed by atoms with Crippen LogP contribution in [0.15, 0.2) is 24.3 Å². The third-order valence-corrected chi connectivity index (χ3v) is 6.20. The highest BCUT2D eigenvalue weighted by Gasteiger charge is 2.27. The smallest absolute Gasteiger partial charge is 0.270 e. The van der Waals surface area contributed by atoms with E-state index in [2.05, 4.69) is 5.32 Å². The molecule has 2 fully saturated rings. The highest BCUT2D eigenvalue weighted by molar-refractivity contribution is 7.20. The predicted molar refractivity (Wildman–Crippen MR) is 98.1 cm³/mol. The van der Waals surface area contributed by atoms with Crippen molar-refractivity contribution in [3.8, 4) is 0 Å². The van der Waals surface area contributed by atoms with Crippen LogP contribution < -0.4 is 5.32 Å². The van der Waals surface area contributed by atoms with Gasteiger partial charge in [0.1, 0.15) is 0 Å². The first-order chi connectivity index (χ1) is 12.1. The molecule has 2 aromatic rings.